The molecule has 0 saturated carbocycles. The number of nitrogens with zero attached hydrogens (tertiary/aromatic N) is 4. The third kappa shape index (κ3) is 2.77. The van der Waals surface area contributed by atoms with E-state index < -0.39 is 5.91 Å². The van der Waals surface area contributed by atoms with E-state index >= 15 is 0 Å². The molecule has 1 amide bonds. The fourth-order valence-electron chi connectivity index (χ4n) is 1.33. The molecular formula is C10H11N5O2S. The van der Waals surface area contributed by atoms with Crippen molar-refractivity contribution in [3.8, 4) is 0 Å². The molecule has 0 fully saturated rings. The van der Waals surface area contributed by atoms with Gasteiger partial charge in [-0.05, 0) is 12.5 Å². The van der Waals surface area contributed by atoms with Crippen LogP contribution in [0.2, 0.25) is 0 Å². The second-order valence-electron chi connectivity index (χ2n) is 3.48. The fourth-order valence-corrected chi connectivity index (χ4v) is 1.77. The minimum Gasteiger partial charge on any atom is -0.295 e. The Morgan fingerprint density at radius 3 is 3.00 bits per heavy atom. The number of anilines is 1. The molecule has 0 unspecified atom stereocenters. The van der Waals surface area contributed by atoms with Gasteiger partial charge in [0.25, 0.3) is 11.5 Å². The molecule has 0 aromatic carbocycles. The van der Waals surface area contributed by atoms with E-state index in [0.717, 1.165) is 6.42 Å². The van der Waals surface area contributed by atoms with Crippen LogP contribution < -0.4 is 10.9 Å². The molecule has 1 N–H and O–H groups in total. The number of carbonyl (C=O) groups excluding carboxylic acids is 1. The summed E-state index contributed by atoms with van der Waals surface area (Å²) in [6.45, 7) is 2.42. The maximum atomic E-state index is 11.8. The van der Waals surface area contributed by atoms with E-state index in [4.69, 9.17) is 0 Å². The minimum atomic E-state index is -0.406. The molecule has 0 aliphatic carbocycles. The molecule has 0 radical (unpaired) electrons. The lowest BCUT2D eigenvalue weighted by Gasteiger charge is -2.04. The average Bonchev–Trinajstić information content (AvgIpc) is 2.85. The van der Waals surface area contributed by atoms with Gasteiger partial charge < -0.3 is 0 Å². The molecular weight excluding hydrogens is 254 g/mol. The molecule has 0 aliphatic rings. The van der Waals surface area contributed by atoms with Crippen molar-refractivity contribution in [2.75, 3.05) is 5.32 Å². The second-order valence-corrected chi connectivity index (χ2v) is 4.31. The summed E-state index contributed by atoms with van der Waals surface area (Å²) in [5, 5.41) is 14.3. The Bertz CT molecular complexity index is 593. The summed E-state index contributed by atoms with van der Waals surface area (Å²) in [5.41, 5.74) is 1.48. The van der Waals surface area contributed by atoms with E-state index in [1.54, 1.807) is 0 Å². The van der Waals surface area contributed by atoms with E-state index in [1.807, 2.05) is 6.92 Å². The van der Waals surface area contributed by atoms with Crippen molar-refractivity contribution >= 4 is 22.4 Å². The lowest BCUT2D eigenvalue weighted by molar-refractivity contribution is 0.101. The number of nitrogens with one attached hydrogen (secondary N) is 1. The maximum absolute atomic E-state index is 11.8. The quantitative estimate of drug-likeness (QED) is 0.881. The van der Waals surface area contributed by atoms with Crippen LogP contribution >= 0.6 is 11.3 Å². The molecule has 18 heavy (non-hydrogen) atoms. The van der Waals surface area contributed by atoms with Gasteiger partial charge in [-0.1, -0.05) is 18.3 Å². The molecule has 0 atom stereocenters. The van der Waals surface area contributed by atoms with E-state index in [2.05, 4.69) is 20.6 Å². The van der Waals surface area contributed by atoms with Crippen molar-refractivity contribution < 1.29 is 4.79 Å². The number of carbonyl (C=O) groups is 1. The zero-order chi connectivity index (χ0) is 13.0. The van der Waals surface area contributed by atoms with Gasteiger partial charge in [0.2, 0.25) is 5.13 Å². The number of aryl methyl sites for hydroxylation is 1. The van der Waals surface area contributed by atoms with Crippen LogP contribution in [0.1, 0.15) is 23.8 Å². The zero-order valence-electron chi connectivity index (χ0n) is 9.66. The Labute approximate surface area is 106 Å². The highest BCUT2D eigenvalue weighted by molar-refractivity contribution is 7.13. The molecule has 2 aromatic rings. The maximum Gasteiger partial charge on any atom is 0.277 e. The first-order valence-electron chi connectivity index (χ1n) is 5.36. The highest BCUT2D eigenvalue weighted by Crippen LogP contribution is 2.09. The van der Waals surface area contributed by atoms with E-state index in [1.165, 1.54) is 33.7 Å². The Kier molecular flexibility index (Phi) is 3.78. The first kappa shape index (κ1) is 12.4. The molecule has 0 aliphatic heterocycles. The van der Waals surface area contributed by atoms with Gasteiger partial charge >= 0.3 is 0 Å². The van der Waals surface area contributed by atoms with Crippen molar-refractivity contribution in [1.82, 2.24) is 20.0 Å². The molecule has 0 spiro atoms. The topological polar surface area (TPSA) is 89.8 Å². The summed E-state index contributed by atoms with van der Waals surface area (Å²) < 4.78 is 1.27. The molecule has 2 aromatic heterocycles. The van der Waals surface area contributed by atoms with Crippen molar-refractivity contribution in [3.63, 3.8) is 0 Å². The predicted molar refractivity (Wildman–Crippen MR) is 66.7 cm³/mol. The highest BCUT2D eigenvalue weighted by Gasteiger charge is 2.11. The second kappa shape index (κ2) is 5.50. The largest absolute Gasteiger partial charge is 0.295 e. The van der Waals surface area contributed by atoms with E-state index in [0.29, 0.717) is 11.7 Å². The van der Waals surface area contributed by atoms with Gasteiger partial charge in [0.15, 0.2) is 0 Å². The Hall–Kier alpha value is -2.09. The van der Waals surface area contributed by atoms with E-state index in [-0.39, 0.29) is 11.3 Å². The van der Waals surface area contributed by atoms with Crippen LogP contribution in [0.15, 0.2) is 22.4 Å². The van der Waals surface area contributed by atoms with Crippen molar-refractivity contribution in [3.05, 3.63) is 33.7 Å². The van der Waals surface area contributed by atoms with Crippen LogP contribution in [0, 0.1) is 0 Å². The molecule has 0 saturated heterocycles. The molecule has 0 bridgehead atoms. The summed E-state index contributed by atoms with van der Waals surface area (Å²) in [5.74, 6) is -0.406. The predicted octanol–water partition coefficient (Wildman–Crippen LogP) is 0.757. The number of amides is 1. The molecule has 94 valence electrons. The van der Waals surface area contributed by atoms with Crippen LogP contribution in [-0.2, 0) is 6.54 Å². The smallest absolute Gasteiger partial charge is 0.277 e. The molecule has 8 heteroatoms. The van der Waals surface area contributed by atoms with Gasteiger partial charge in [0, 0.05) is 12.6 Å². The van der Waals surface area contributed by atoms with Crippen LogP contribution in [0.5, 0.6) is 0 Å². The standard InChI is InChI=1S/C10H11N5O2S/c1-2-5-15-8(16)4-3-7(14-15)9(17)12-10-13-11-6-18-10/h3-4,6H,2,5H2,1H3,(H,12,13,17). The highest BCUT2D eigenvalue weighted by atomic mass is 32.1. The molecule has 7 nitrogen and oxygen atoms in total. The first-order chi connectivity index (χ1) is 8.70. The molecule has 2 rings (SSSR count). The lowest BCUT2D eigenvalue weighted by Crippen LogP contribution is -2.26. The SMILES string of the molecule is CCCn1nc(C(=O)Nc2nncs2)ccc1=O. The number of rotatable bonds is 4. The third-order valence-electron chi connectivity index (χ3n) is 2.12. The van der Waals surface area contributed by atoms with Gasteiger partial charge in [0.1, 0.15) is 11.2 Å². The zero-order valence-corrected chi connectivity index (χ0v) is 10.5. The number of aromatic nitrogens is 4. The summed E-state index contributed by atoms with van der Waals surface area (Å²) >= 11 is 1.21. The Morgan fingerprint density at radius 2 is 2.33 bits per heavy atom. The average molecular weight is 265 g/mol. The Balaban J connectivity index is 2.20. The normalized spacial score (nSPS) is 10.3. The minimum absolute atomic E-state index is 0.179. The Morgan fingerprint density at radius 1 is 1.50 bits per heavy atom. The number of hydrogen-bond donors (Lipinski definition) is 1. The molecule has 2 heterocycles. The van der Waals surface area contributed by atoms with Crippen LogP contribution in [0.3, 0.4) is 0 Å². The summed E-state index contributed by atoms with van der Waals surface area (Å²) in [7, 11) is 0. The number of hydrogen-bond acceptors (Lipinski definition) is 6. The monoisotopic (exact) mass is 265 g/mol. The van der Waals surface area contributed by atoms with Crippen molar-refractivity contribution in [2.45, 2.75) is 19.9 Å². The fraction of sp³-hybridized carbons (Fsp3) is 0.300. The van der Waals surface area contributed by atoms with Gasteiger partial charge in [0.05, 0.1) is 0 Å². The third-order valence-corrected chi connectivity index (χ3v) is 2.72. The summed E-state index contributed by atoms with van der Waals surface area (Å²) in [6.07, 6.45) is 0.772. The van der Waals surface area contributed by atoms with Gasteiger partial charge in [-0.15, -0.1) is 10.2 Å². The van der Waals surface area contributed by atoms with Crippen LogP contribution in [0.4, 0.5) is 5.13 Å². The van der Waals surface area contributed by atoms with Crippen molar-refractivity contribution in [2.24, 2.45) is 0 Å². The van der Waals surface area contributed by atoms with Crippen LogP contribution in [0.25, 0.3) is 0 Å². The van der Waals surface area contributed by atoms with Gasteiger partial charge in [-0.2, -0.15) is 5.10 Å². The van der Waals surface area contributed by atoms with Gasteiger partial charge in [-0.3, -0.25) is 14.9 Å². The first-order valence-corrected chi connectivity index (χ1v) is 6.24. The summed E-state index contributed by atoms with van der Waals surface area (Å²) in [6, 6.07) is 2.72. The van der Waals surface area contributed by atoms with Crippen molar-refractivity contribution in [1.29, 1.82) is 0 Å². The van der Waals surface area contributed by atoms with E-state index in [9.17, 15) is 9.59 Å². The van der Waals surface area contributed by atoms with Gasteiger partial charge in [-0.25, -0.2) is 4.68 Å². The summed E-state index contributed by atoms with van der Waals surface area (Å²) in [4.78, 5) is 23.3. The van der Waals surface area contributed by atoms with Crippen LogP contribution in [-0.4, -0.2) is 25.9 Å². The lowest BCUT2D eigenvalue weighted by atomic mass is 10.3.